The van der Waals surface area contributed by atoms with Crippen LogP contribution in [0, 0.1) is 17.7 Å². The third kappa shape index (κ3) is 3.82. The Morgan fingerprint density at radius 1 is 1.15 bits per heavy atom. The van der Waals surface area contributed by atoms with Crippen molar-refractivity contribution in [3.8, 4) is 0 Å². The summed E-state index contributed by atoms with van der Waals surface area (Å²) in [5.41, 5.74) is 1.21. The fraction of sp³-hybridized carbons (Fsp3) is 0.667. The fourth-order valence-corrected chi connectivity index (χ4v) is 3.57. The van der Waals surface area contributed by atoms with E-state index in [1.165, 1.54) is 31.2 Å². The molecule has 0 amide bonds. The molecule has 1 N–H and O–H groups in total. The minimum Gasteiger partial charge on any atom is -0.307 e. The Bertz CT molecular complexity index is 398. The van der Waals surface area contributed by atoms with Gasteiger partial charge in [-0.05, 0) is 48.8 Å². The van der Waals surface area contributed by atoms with Gasteiger partial charge in [0.25, 0.3) is 0 Å². The van der Waals surface area contributed by atoms with Gasteiger partial charge in [0, 0.05) is 12.1 Å². The van der Waals surface area contributed by atoms with E-state index in [0.29, 0.717) is 12.1 Å². The quantitative estimate of drug-likeness (QED) is 0.791. The van der Waals surface area contributed by atoms with Crippen LogP contribution in [0.15, 0.2) is 24.3 Å². The first-order valence-corrected chi connectivity index (χ1v) is 8.13. The van der Waals surface area contributed by atoms with Crippen LogP contribution in [0.2, 0.25) is 0 Å². The molecule has 2 heteroatoms. The molecule has 1 saturated carbocycles. The SMILES string of the molecule is CCC(NC1CCCCC1C(C)C)c1ccc(F)cc1. The van der Waals surface area contributed by atoms with E-state index < -0.39 is 0 Å². The molecule has 0 bridgehead atoms. The van der Waals surface area contributed by atoms with Crippen LogP contribution in [0.4, 0.5) is 4.39 Å². The molecule has 0 radical (unpaired) electrons. The van der Waals surface area contributed by atoms with E-state index in [2.05, 4.69) is 26.1 Å². The predicted molar refractivity (Wildman–Crippen MR) is 83.2 cm³/mol. The first-order chi connectivity index (χ1) is 9.61. The van der Waals surface area contributed by atoms with Gasteiger partial charge in [-0.2, -0.15) is 0 Å². The van der Waals surface area contributed by atoms with Crippen LogP contribution in [0.3, 0.4) is 0 Å². The first kappa shape index (κ1) is 15.5. The molecule has 1 aromatic rings. The molecule has 112 valence electrons. The number of hydrogen-bond donors (Lipinski definition) is 1. The molecule has 1 fully saturated rings. The number of hydrogen-bond acceptors (Lipinski definition) is 1. The molecule has 3 unspecified atom stereocenters. The Kier molecular flexibility index (Phi) is 5.59. The molecule has 0 saturated heterocycles. The van der Waals surface area contributed by atoms with Crippen molar-refractivity contribution in [1.29, 1.82) is 0 Å². The molecule has 1 aliphatic carbocycles. The van der Waals surface area contributed by atoms with Crippen LogP contribution in [0.25, 0.3) is 0 Å². The number of halogens is 1. The molecular weight excluding hydrogens is 249 g/mol. The highest BCUT2D eigenvalue weighted by Gasteiger charge is 2.29. The van der Waals surface area contributed by atoms with Crippen LogP contribution in [0.1, 0.15) is 64.5 Å². The molecule has 3 atom stereocenters. The van der Waals surface area contributed by atoms with Crippen LogP contribution in [0.5, 0.6) is 0 Å². The van der Waals surface area contributed by atoms with E-state index in [-0.39, 0.29) is 5.82 Å². The molecular formula is C18H28FN. The molecule has 1 aliphatic rings. The lowest BCUT2D eigenvalue weighted by molar-refractivity contribution is 0.190. The second kappa shape index (κ2) is 7.21. The van der Waals surface area contributed by atoms with Gasteiger partial charge in [0.15, 0.2) is 0 Å². The van der Waals surface area contributed by atoms with Gasteiger partial charge >= 0.3 is 0 Å². The first-order valence-electron chi connectivity index (χ1n) is 8.13. The third-order valence-corrected chi connectivity index (χ3v) is 4.77. The molecule has 0 aromatic heterocycles. The van der Waals surface area contributed by atoms with Crippen molar-refractivity contribution in [2.75, 3.05) is 0 Å². The summed E-state index contributed by atoms with van der Waals surface area (Å²) in [4.78, 5) is 0. The van der Waals surface area contributed by atoms with Crippen LogP contribution in [-0.2, 0) is 0 Å². The van der Waals surface area contributed by atoms with Gasteiger partial charge in [0.2, 0.25) is 0 Å². The van der Waals surface area contributed by atoms with Crippen molar-refractivity contribution in [3.63, 3.8) is 0 Å². The molecule has 20 heavy (non-hydrogen) atoms. The van der Waals surface area contributed by atoms with Gasteiger partial charge in [-0.15, -0.1) is 0 Å². The van der Waals surface area contributed by atoms with Crippen molar-refractivity contribution in [3.05, 3.63) is 35.6 Å². The third-order valence-electron chi connectivity index (χ3n) is 4.77. The van der Waals surface area contributed by atoms with Crippen molar-refractivity contribution in [2.45, 2.75) is 65.0 Å². The van der Waals surface area contributed by atoms with E-state index in [9.17, 15) is 4.39 Å². The van der Waals surface area contributed by atoms with E-state index in [1.54, 1.807) is 12.1 Å². The maximum absolute atomic E-state index is 13.1. The average Bonchev–Trinajstić information content (AvgIpc) is 2.46. The normalized spacial score (nSPS) is 24.9. The summed E-state index contributed by atoms with van der Waals surface area (Å²) in [6.07, 6.45) is 6.37. The van der Waals surface area contributed by atoms with Crippen molar-refractivity contribution >= 4 is 0 Å². The smallest absolute Gasteiger partial charge is 0.123 e. The Morgan fingerprint density at radius 3 is 2.40 bits per heavy atom. The van der Waals surface area contributed by atoms with Crippen LogP contribution < -0.4 is 5.32 Å². The second-order valence-electron chi connectivity index (χ2n) is 6.48. The van der Waals surface area contributed by atoms with E-state index in [0.717, 1.165) is 18.3 Å². The average molecular weight is 277 g/mol. The number of nitrogens with one attached hydrogen (secondary N) is 1. The predicted octanol–water partition coefficient (Wildman–Crippen LogP) is 5.08. The molecule has 0 heterocycles. The number of benzene rings is 1. The zero-order valence-corrected chi connectivity index (χ0v) is 13.0. The van der Waals surface area contributed by atoms with Gasteiger partial charge in [-0.1, -0.05) is 45.7 Å². The maximum Gasteiger partial charge on any atom is 0.123 e. The van der Waals surface area contributed by atoms with Gasteiger partial charge in [-0.3, -0.25) is 0 Å². The van der Waals surface area contributed by atoms with E-state index in [4.69, 9.17) is 0 Å². The monoisotopic (exact) mass is 277 g/mol. The summed E-state index contributed by atoms with van der Waals surface area (Å²) >= 11 is 0. The standard InChI is InChI=1S/C18H28FN/c1-4-17(14-9-11-15(19)12-10-14)20-18-8-6-5-7-16(18)13(2)3/h9-13,16-18,20H,4-8H2,1-3H3. The van der Waals surface area contributed by atoms with Crippen molar-refractivity contribution in [1.82, 2.24) is 5.32 Å². The number of rotatable bonds is 5. The minimum atomic E-state index is -0.152. The molecule has 1 nitrogen and oxygen atoms in total. The highest BCUT2D eigenvalue weighted by atomic mass is 19.1. The van der Waals surface area contributed by atoms with E-state index in [1.807, 2.05) is 12.1 Å². The van der Waals surface area contributed by atoms with Crippen LogP contribution in [-0.4, -0.2) is 6.04 Å². The zero-order chi connectivity index (χ0) is 14.5. The largest absolute Gasteiger partial charge is 0.307 e. The van der Waals surface area contributed by atoms with Crippen molar-refractivity contribution in [2.24, 2.45) is 11.8 Å². The van der Waals surface area contributed by atoms with Gasteiger partial charge < -0.3 is 5.32 Å². The summed E-state index contributed by atoms with van der Waals surface area (Å²) in [6, 6.07) is 7.94. The lowest BCUT2D eigenvalue weighted by Gasteiger charge is -2.37. The molecule has 0 aliphatic heterocycles. The Labute approximate surface area is 123 Å². The molecule has 1 aromatic carbocycles. The maximum atomic E-state index is 13.1. The van der Waals surface area contributed by atoms with Crippen LogP contribution >= 0.6 is 0 Å². The van der Waals surface area contributed by atoms with Gasteiger partial charge in [0.05, 0.1) is 0 Å². The fourth-order valence-electron chi connectivity index (χ4n) is 3.57. The summed E-state index contributed by atoms with van der Waals surface area (Å²) < 4.78 is 13.1. The Balaban J connectivity index is 2.06. The summed E-state index contributed by atoms with van der Waals surface area (Å²) in [7, 11) is 0. The highest BCUT2D eigenvalue weighted by molar-refractivity contribution is 5.20. The summed E-state index contributed by atoms with van der Waals surface area (Å²) in [5.74, 6) is 1.36. The lowest BCUT2D eigenvalue weighted by Crippen LogP contribution is -2.42. The minimum absolute atomic E-state index is 0.152. The highest BCUT2D eigenvalue weighted by Crippen LogP contribution is 2.32. The summed E-state index contributed by atoms with van der Waals surface area (Å²) in [5, 5.41) is 3.85. The van der Waals surface area contributed by atoms with Gasteiger partial charge in [0.1, 0.15) is 5.82 Å². The Morgan fingerprint density at radius 2 is 1.80 bits per heavy atom. The lowest BCUT2D eigenvalue weighted by atomic mass is 9.77. The van der Waals surface area contributed by atoms with Crippen molar-refractivity contribution < 1.29 is 4.39 Å². The molecule has 0 spiro atoms. The Hall–Kier alpha value is -0.890. The van der Waals surface area contributed by atoms with Gasteiger partial charge in [-0.25, -0.2) is 4.39 Å². The van der Waals surface area contributed by atoms with E-state index >= 15 is 0 Å². The summed E-state index contributed by atoms with van der Waals surface area (Å²) in [6.45, 7) is 6.88. The molecule has 2 rings (SSSR count). The second-order valence-corrected chi connectivity index (χ2v) is 6.48. The zero-order valence-electron chi connectivity index (χ0n) is 13.0. The topological polar surface area (TPSA) is 12.0 Å².